The van der Waals surface area contributed by atoms with Crippen molar-refractivity contribution in [3.63, 3.8) is 0 Å². The third-order valence-electron chi connectivity index (χ3n) is 7.97. The number of Topliss-reactive ketones (excluding diaryl/α,β-unsaturated/α-hetero) is 1. The Labute approximate surface area is 221 Å². The number of halogens is 1. The van der Waals surface area contributed by atoms with Gasteiger partial charge < -0.3 is 5.11 Å². The van der Waals surface area contributed by atoms with Crippen molar-refractivity contribution < 1.29 is 24.3 Å². The van der Waals surface area contributed by atoms with Gasteiger partial charge in [0.1, 0.15) is 5.75 Å². The number of aromatic hydroxyl groups is 1. The van der Waals surface area contributed by atoms with Gasteiger partial charge in [0.05, 0.1) is 22.0 Å². The molecule has 0 bridgehead atoms. The highest BCUT2D eigenvalue weighted by atomic mass is 79.9. The van der Waals surface area contributed by atoms with Crippen molar-refractivity contribution in [2.45, 2.75) is 18.8 Å². The van der Waals surface area contributed by atoms with E-state index in [-0.39, 0.29) is 40.0 Å². The second-order valence-corrected chi connectivity index (χ2v) is 10.6. The number of allylic oxidation sites excluding steroid dienone is 6. The van der Waals surface area contributed by atoms with E-state index in [9.17, 15) is 24.3 Å². The molecule has 6 nitrogen and oxygen atoms in total. The lowest BCUT2D eigenvalue weighted by Crippen LogP contribution is -2.39. The Morgan fingerprint density at radius 3 is 2.41 bits per heavy atom. The minimum atomic E-state index is -0.673. The van der Waals surface area contributed by atoms with Crippen LogP contribution >= 0.6 is 15.9 Å². The van der Waals surface area contributed by atoms with Crippen LogP contribution in [0.3, 0.4) is 0 Å². The average Bonchev–Trinajstić information content (AvgIpc) is 3.16. The van der Waals surface area contributed by atoms with Crippen molar-refractivity contribution >= 4 is 51.1 Å². The Balaban J connectivity index is 1.48. The van der Waals surface area contributed by atoms with Gasteiger partial charge in [-0.15, -0.1) is 0 Å². The summed E-state index contributed by atoms with van der Waals surface area (Å²) in [4.78, 5) is 55.1. The predicted molar refractivity (Wildman–Crippen MR) is 142 cm³/mol. The fourth-order valence-electron chi connectivity index (χ4n) is 6.31. The number of anilines is 1. The van der Waals surface area contributed by atoms with E-state index in [4.69, 9.17) is 0 Å². The molecule has 6 rings (SSSR count). The molecule has 4 atom stereocenters. The zero-order valence-electron chi connectivity index (χ0n) is 19.7. The van der Waals surface area contributed by atoms with E-state index in [1.165, 1.54) is 11.0 Å². The van der Waals surface area contributed by atoms with Crippen LogP contribution in [0.5, 0.6) is 5.75 Å². The van der Waals surface area contributed by atoms with E-state index in [2.05, 4.69) is 22.5 Å². The van der Waals surface area contributed by atoms with Crippen molar-refractivity contribution in [2.24, 2.45) is 17.8 Å². The normalized spacial score (nSPS) is 26.9. The number of phenolic OH excluding ortho intramolecular Hbond substituents is 1. The maximum atomic E-state index is 13.9. The summed E-state index contributed by atoms with van der Waals surface area (Å²) < 4.78 is 0.171. The number of ketones is 2. The van der Waals surface area contributed by atoms with Crippen LogP contribution in [0, 0.1) is 17.8 Å². The molecule has 37 heavy (non-hydrogen) atoms. The highest BCUT2D eigenvalue weighted by molar-refractivity contribution is 9.12. The van der Waals surface area contributed by atoms with Crippen LogP contribution in [0.4, 0.5) is 5.69 Å². The van der Waals surface area contributed by atoms with Gasteiger partial charge in [-0.1, -0.05) is 54.6 Å². The monoisotopic (exact) mass is 555 g/mol. The molecule has 4 aliphatic rings. The largest absolute Gasteiger partial charge is 0.508 e. The van der Waals surface area contributed by atoms with Crippen molar-refractivity contribution in [3.05, 3.63) is 99.6 Å². The van der Waals surface area contributed by atoms with Gasteiger partial charge in [-0.05, 0) is 58.5 Å². The van der Waals surface area contributed by atoms with Crippen LogP contribution < -0.4 is 4.90 Å². The van der Waals surface area contributed by atoms with Gasteiger partial charge in [-0.2, -0.15) is 0 Å². The highest BCUT2D eigenvalue weighted by Crippen LogP contribution is 2.56. The summed E-state index contributed by atoms with van der Waals surface area (Å²) in [5.41, 5.74) is 3.36. The molecule has 3 aliphatic carbocycles. The number of para-hydroxylation sites is 1. The summed E-state index contributed by atoms with van der Waals surface area (Å²) in [6.45, 7) is 3.74. The molecule has 2 amide bonds. The number of imide groups is 1. The first-order valence-corrected chi connectivity index (χ1v) is 12.9. The standard InChI is InChI=1S/C30H22BrNO5/c1-2-15-7-9-16(10-8-15)32-29(36)19-12-11-17-20(26(19)30(32)37)13-21-27(24(34)14-22(31)28(21)35)25(17)18-5-3-4-6-23(18)33/h2-11,14,19-20,25-26,33H,1,12-13H2/t19-,20+,25+,26-/m0/s1. The molecule has 2 aromatic carbocycles. The number of phenols is 1. The first kappa shape index (κ1) is 23.6. The van der Waals surface area contributed by atoms with Crippen molar-refractivity contribution in [2.75, 3.05) is 4.90 Å². The fourth-order valence-corrected chi connectivity index (χ4v) is 6.75. The smallest absolute Gasteiger partial charge is 0.238 e. The lowest BCUT2D eigenvalue weighted by atomic mass is 9.59. The van der Waals surface area contributed by atoms with Crippen molar-refractivity contribution in [1.82, 2.24) is 0 Å². The number of amides is 2. The molecule has 1 heterocycles. The molecular formula is C30H22BrNO5. The average molecular weight is 556 g/mol. The maximum absolute atomic E-state index is 13.9. The van der Waals surface area contributed by atoms with Gasteiger partial charge in [0.25, 0.3) is 0 Å². The van der Waals surface area contributed by atoms with E-state index >= 15 is 0 Å². The topological polar surface area (TPSA) is 91.8 Å². The van der Waals surface area contributed by atoms with Crippen LogP contribution in [0.15, 0.2) is 88.5 Å². The first-order chi connectivity index (χ1) is 17.8. The quantitative estimate of drug-likeness (QED) is 0.327. The van der Waals surface area contributed by atoms with Gasteiger partial charge >= 0.3 is 0 Å². The summed E-state index contributed by atoms with van der Waals surface area (Å²) in [6, 6.07) is 13.8. The minimum Gasteiger partial charge on any atom is -0.508 e. The van der Waals surface area contributed by atoms with Crippen molar-refractivity contribution in [1.29, 1.82) is 0 Å². The number of fused-ring (bicyclic) bond motifs is 3. The van der Waals surface area contributed by atoms with Crippen LogP contribution in [-0.2, 0) is 19.2 Å². The Morgan fingerprint density at radius 2 is 1.70 bits per heavy atom. The van der Waals surface area contributed by atoms with Crippen LogP contribution in [-0.4, -0.2) is 28.5 Å². The molecule has 184 valence electrons. The van der Waals surface area contributed by atoms with Crippen molar-refractivity contribution in [3.8, 4) is 5.75 Å². The lowest BCUT2D eigenvalue weighted by Gasteiger charge is -2.42. The van der Waals surface area contributed by atoms with E-state index in [0.717, 1.165) is 11.1 Å². The van der Waals surface area contributed by atoms with Gasteiger partial charge in [0.2, 0.25) is 11.8 Å². The summed E-state index contributed by atoms with van der Waals surface area (Å²) in [5, 5.41) is 10.8. The second kappa shape index (κ2) is 8.63. The highest BCUT2D eigenvalue weighted by Gasteiger charge is 2.56. The third-order valence-corrected chi connectivity index (χ3v) is 8.55. The van der Waals surface area contributed by atoms with Crippen LogP contribution in [0.2, 0.25) is 0 Å². The molecule has 0 saturated carbocycles. The molecule has 0 aromatic heterocycles. The molecule has 0 unspecified atom stereocenters. The number of rotatable bonds is 3. The van der Waals surface area contributed by atoms with E-state index in [1.54, 1.807) is 54.6 Å². The number of benzene rings is 2. The maximum Gasteiger partial charge on any atom is 0.238 e. The Bertz CT molecular complexity index is 1510. The lowest BCUT2D eigenvalue weighted by molar-refractivity contribution is -0.123. The summed E-state index contributed by atoms with van der Waals surface area (Å²) >= 11 is 3.22. The molecule has 1 aliphatic heterocycles. The number of hydrogen-bond donors (Lipinski definition) is 1. The SMILES string of the molecule is C=Cc1ccc(N2C(=O)[C@H]3[C@H](CC=C4[C@H](c5ccccc5O)C5=C(C[C@H]43)C(=O)C(Br)=CC5=O)C2=O)cc1. The van der Waals surface area contributed by atoms with E-state index in [1.807, 2.05) is 6.08 Å². The first-order valence-electron chi connectivity index (χ1n) is 12.1. The number of carbonyl (C=O) groups is 4. The number of nitrogens with zero attached hydrogens (tertiary/aromatic N) is 1. The number of carbonyl (C=O) groups excluding carboxylic acids is 4. The number of hydrogen-bond acceptors (Lipinski definition) is 5. The second-order valence-electron chi connectivity index (χ2n) is 9.76. The molecule has 7 heteroatoms. The molecular weight excluding hydrogens is 534 g/mol. The fraction of sp³-hybridized carbons (Fsp3) is 0.200. The van der Waals surface area contributed by atoms with Crippen LogP contribution in [0.25, 0.3) is 6.08 Å². The molecule has 1 saturated heterocycles. The Kier molecular flexibility index (Phi) is 5.49. The third kappa shape index (κ3) is 3.44. The molecule has 0 spiro atoms. The predicted octanol–water partition coefficient (Wildman–Crippen LogP) is 5.00. The van der Waals surface area contributed by atoms with Gasteiger partial charge in [-0.25, -0.2) is 0 Å². The molecule has 2 aromatic rings. The zero-order valence-corrected chi connectivity index (χ0v) is 21.3. The Hall–Kier alpha value is -3.84. The Morgan fingerprint density at radius 1 is 0.973 bits per heavy atom. The van der Waals surface area contributed by atoms with E-state index in [0.29, 0.717) is 28.8 Å². The summed E-state index contributed by atoms with van der Waals surface area (Å²) in [7, 11) is 0. The summed E-state index contributed by atoms with van der Waals surface area (Å²) in [5.74, 6) is -3.50. The van der Waals surface area contributed by atoms with E-state index < -0.39 is 23.7 Å². The van der Waals surface area contributed by atoms with Gasteiger partial charge in [0.15, 0.2) is 11.6 Å². The minimum absolute atomic E-state index is 0.00894. The van der Waals surface area contributed by atoms with Crippen LogP contribution in [0.1, 0.15) is 29.9 Å². The summed E-state index contributed by atoms with van der Waals surface area (Å²) in [6.07, 6.45) is 5.43. The van der Waals surface area contributed by atoms with Gasteiger partial charge in [0, 0.05) is 28.7 Å². The van der Waals surface area contributed by atoms with Gasteiger partial charge in [-0.3, -0.25) is 24.1 Å². The molecule has 0 radical (unpaired) electrons. The molecule has 1 fully saturated rings. The molecule has 1 N–H and O–H groups in total. The zero-order chi connectivity index (χ0) is 26.0.